The van der Waals surface area contributed by atoms with Gasteiger partial charge in [0.2, 0.25) is 0 Å². The highest BCUT2D eigenvalue weighted by Gasteiger charge is 2.28. The quantitative estimate of drug-likeness (QED) is 0.334. The second-order valence-electron chi connectivity index (χ2n) is 6.57. The summed E-state index contributed by atoms with van der Waals surface area (Å²) in [5, 5.41) is 26.0. The Labute approximate surface area is 164 Å². The van der Waals surface area contributed by atoms with Gasteiger partial charge < -0.3 is 25.3 Å². The van der Waals surface area contributed by atoms with Crippen molar-refractivity contribution in [3.8, 4) is 5.75 Å². The van der Waals surface area contributed by atoms with Crippen LogP contribution < -0.4 is 0 Å². The average Bonchev–Trinajstić information content (AvgIpc) is 3.32. The van der Waals surface area contributed by atoms with Gasteiger partial charge in [0.25, 0.3) is 0 Å². The summed E-state index contributed by atoms with van der Waals surface area (Å²) in [6.45, 7) is 0. The molecule has 0 saturated carbocycles. The standard InChI is InChI=1S/C16H15N3O2.C4H4O4/c20-10-2-4-13-11(6-10)12(7-17-13)16(21)9-1-3-14-15(5-9)19-8-18-14;5-3(6)1-2-4(7)8/h2,4,6-9,17,20H,1,3,5H2,(H,18,19);1-2H,(H,5,6)(H,7,8). The Bertz CT molecular complexity index is 1080. The van der Waals surface area contributed by atoms with Gasteiger partial charge in [-0.2, -0.15) is 0 Å². The number of aromatic amines is 2. The number of fused-ring (bicyclic) bond motifs is 2. The first-order chi connectivity index (χ1) is 13.8. The molecule has 0 spiro atoms. The number of H-pyrrole nitrogens is 2. The largest absolute Gasteiger partial charge is 0.508 e. The summed E-state index contributed by atoms with van der Waals surface area (Å²) in [6.07, 6.45) is 6.92. The van der Waals surface area contributed by atoms with Gasteiger partial charge in [-0.3, -0.25) is 4.79 Å². The molecule has 29 heavy (non-hydrogen) atoms. The monoisotopic (exact) mass is 397 g/mol. The van der Waals surface area contributed by atoms with E-state index in [0.29, 0.717) is 24.1 Å². The van der Waals surface area contributed by atoms with Crippen molar-refractivity contribution in [1.29, 1.82) is 0 Å². The van der Waals surface area contributed by atoms with E-state index in [4.69, 9.17) is 10.2 Å². The summed E-state index contributed by atoms with van der Waals surface area (Å²) in [5.74, 6) is -2.23. The van der Waals surface area contributed by atoms with Gasteiger partial charge in [-0.15, -0.1) is 0 Å². The molecule has 1 aliphatic rings. The number of phenolic OH excluding ortho intramolecular Hbond substituents is 1. The smallest absolute Gasteiger partial charge is 0.328 e. The van der Waals surface area contributed by atoms with Crippen LogP contribution in [0.5, 0.6) is 5.75 Å². The number of hydrogen-bond donors (Lipinski definition) is 5. The minimum absolute atomic E-state index is 0.0284. The number of rotatable bonds is 4. The van der Waals surface area contributed by atoms with Crippen LogP contribution in [-0.2, 0) is 22.4 Å². The van der Waals surface area contributed by atoms with Crippen LogP contribution in [-0.4, -0.2) is 48.0 Å². The number of ketones is 1. The number of aromatic hydroxyl groups is 1. The molecule has 0 radical (unpaired) electrons. The Morgan fingerprint density at radius 3 is 2.52 bits per heavy atom. The molecular weight excluding hydrogens is 378 g/mol. The zero-order chi connectivity index (χ0) is 21.0. The summed E-state index contributed by atoms with van der Waals surface area (Å²) in [4.78, 5) is 42.4. The molecule has 2 heterocycles. The van der Waals surface area contributed by atoms with Crippen LogP contribution in [0.25, 0.3) is 10.9 Å². The molecule has 1 aromatic carbocycles. The molecule has 150 valence electrons. The number of carboxylic acid groups (broad SMARTS) is 2. The van der Waals surface area contributed by atoms with Crippen molar-refractivity contribution in [3.63, 3.8) is 0 Å². The predicted molar refractivity (Wildman–Crippen MR) is 103 cm³/mol. The van der Waals surface area contributed by atoms with Crippen molar-refractivity contribution in [3.05, 3.63) is 59.8 Å². The van der Waals surface area contributed by atoms with Gasteiger partial charge in [0.1, 0.15) is 5.75 Å². The zero-order valence-corrected chi connectivity index (χ0v) is 15.3. The highest BCUT2D eigenvalue weighted by Crippen LogP contribution is 2.30. The normalized spacial score (nSPS) is 15.5. The second kappa shape index (κ2) is 8.42. The molecule has 1 unspecified atom stereocenters. The first-order valence-electron chi connectivity index (χ1n) is 8.84. The van der Waals surface area contributed by atoms with E-state index in [1.807, 2.05) is 0 Å². The third kappa shape index (κ3) is 4.70. The Balaban J connectivity index is 0.000000258. The number of benzene rings is 1. The molecule has 1 atom stereocenters. The number of phenols is 1. The van der Waals surface area contributed by atoms with E-state index in [1.54, 1.807) is 30.7 Å². The van der Waals surface area contributed by atoms with Crippen LogP contribution >= 0.6 is 0 Å². The number of nitrogens with one attached hydrogen (secondary N) is 2. The molecule has 0 saturated heterocycles. The van der Waals surface area contributed by atoms with Crippen LogP contribution in [0.1, 0.15) is 28.2 Å². The lowest BCUT2D eigenvalue weighted by atomic mass is 9.84. The van der Waals surface area contributed by atoms with Crippen LogP contribution in [0, 0.1) is 5.92 Å². The lowest BCUT2D eigenvalue weighted by molar-refractivity contribution is -0.134. The maximum absolute atomic E-state index is 12.8. The first kappa shape index (κ1) is 19.9. The van der Waals surface area contributed by atoms with Gasteiger partial charge in [0.15, 0.2) is 5.78 Å². The molecule has 1 aliphatic carbocycles. The van der Waals surface area contributed by atoms with Crippen molar-refractivity contribution < 1.29 is 29.7 Å². The number of imidazole rings is 1. The molecule has 0 fully saturated rings. The number of aliphatic carboxylic acids is 2. The maximum Gasteiger partial charge on any atom is 0.328 e. The maximum atomic E-state index is 12.8. The number of hydrogen-bond acceptors (Lipinski definition) is 5. The van der Waals surface area contributed by atoms with E-state index >= 15 is 0 Å². The Hall–Kier alpha value is -3.88. The number of carbonyl (C=O) groups excluding carboxylic acids is 1. The highest BCUT2D eigenvalue weighted by atomic mass is 16.4. The summed E-state index contributed by atoms with van der Waals surface area (Å²) in [5.41, 5.74) is 3.68. The molecule has 3 aromatic rings. The molecular formula is C20H19N3O6. The van der Waals surface area contributed by atoms with Gasteiger partial charge in [0, 0.05) is 46.4 Å². The Morgan fingerprint density at radius 1 is 1.10 bits per heavy atom. The van der Waals surface area contributed by atoms with Crippen LogP contribution in [0.15, 0.2) is 42.9 Å². The fraction of sp³-hybridized carbons (Fsp3) is 0.200. The molecule has 4 rings (SSSR count). The van der Waals surface area contributed by atoms with Crippen molar-refractivity contribution in [2.45, 2.75) is 19.3 Å². The minimum atomic E-state index is -1.26. The number of aryl methyl sites for hydroxylation is 1. The van der Waals surface area contributed by atoms with E-state index in [0.717, 1.165) is 35.1 Å². The van der Waals surface area contributed by atoms with E-state index < -0.39 is 11.9 Å². The molecule has 9 nitrogen and oxygen atoms in total. The first-order valence-corrected chi connectivity index (χ1v) is 8.84. The Kier molecular flexibility index (Phi) is 5.77. The third-order valence-corrected chi connectivity index (χ3v) is 4.66. The van der Waals surface area contributed by atoms with Gasteiger partial charge in [-0.1, -0.05) is 0 Å². The molecule has 2 aromatic heterocycles. The van der Waals surface area contributed by atoms with Crippen molar-refractivity contribution in [1.82, 2.24) is 15.0 Å². The SMILES string of the molecule is O=C(O)C=CC(=O)O.O=C(c1c[nH]c2ccc(O)cc12)C1CCc2nc[nH]c2C1. The average molecular weight is 397 g/mol. The molecule has 0 bridgehead atoms. The molecule has 0 amide bonds. The van der Waals surface area contributed by atoms with E-state index in [9.17, 15) is 19.5 Å². The van der Waals surface area contributed by atoms with Gasteiger partial charge in [-0.25, -0.2) is 14.6 Å². The minimum Gasteiger partial charge on any atom is -0.508 e. The summed E-state index contributed by atoms with van der Waals surface area (Å²) in [6, 6.07) is 5.05. The van der Waals surface area contributed by atoms with Gasteiger partial charge in [-0.05, 0) is 37.5 Å². The number of nitrogens with zero attached hydrogens (tertiary/aromatic N) is 1. The zero-order valence-electron chi connectivity index (χ0n) is 15.3. The third-order valence-electron chi connectivity index (χ3n) is 4.66. The summed E-state index contributed by atoms with van der Waals surface area (Å²) < 4.78 is 0. The van der Waals surface area contributed by atoms with Gasteiger partial charge in [0.05, 0.1) is 12.0 Å². The number of carboxylic acids is 2. The van der Waals surface area contributed by atoms with E-state index in [2.05, 4.69) is 15.0 Å². The number of aromatic nitrogens is 3. The molecule has 0 aliphatic heterocycles. The fourth-order valence-corrected chi connectivity index (χ4v) is 3.30. The molecule has 5 N–H and O–H groups in total. The molecule has 9 heteroatoms. The van der Waals surface area contributed by atoms with Gasteiger partial charge >= 0.3 is 11.9 Å². The van der Waals surface area contributed by atoms with Crippen molar-refractivity contribution >= 4 is 28.6 Å². The van der Waals surface area contributed by atoms with E-state index in [-0.39, 0.29) is 17.5 Å². The lowest BCUT2D eigenvalue weighted by Gasteiger charge is -2.19. The highest BCUT2D eigenvalue weighted by molar-refractivity contribution is 6.09. The summed E-state index contributed by atoms with van der Waals surface area (Å²) >= 11 is 0. The Morgan fingerprint density at radius 2 is 1.83 bits per heavy atom. The topological polar surface area (TPSA) is 156 Å². The number of Topliss-reactive ketones (excluding diaryl/α,β-unsaturated/α-hetero) is 1. The van der Waals surface area contributed by atoms with Crippen LogP contribution in [0.4, 0.5) is 0 Å². The predicted octanol–water partition coefficient (Wildman–Crippen LogP) is 2.30. The van der Waals surface area contributed by atoms with Crippen LogP contribution in [0.2, 0.25) is 0 Å². The lowest BCUT2D eigenvalue weighted by Crippen LogP contribution is -2.22. The van der Waals surface area contributed by atoms with Crippen LogP contribution in [0.3, 0.4) is 0 Å². The van der Waals surface area contributed by atoms with Crippen molar-refractivity contribution in [2.75, 3.05) is 0 Å². The van der Waals surface area contributed by atoms with E-state index in [1.165, 1.54) is 0 Å². The number of carbonyl (C=O) groups is 3. The second-order valence-corrected chi connectivity index (χ2v) is 6.57. The summed E-state index contributed by atoms with van der Waals surface area (Å²) in [7, 11) is 0. The van der Waals surface area contributed by atoms with Crippen molar-refractivity contribution in [2.24, 2.45) is 5.92 Å². The fourth-order valence-electron chi connectivity index (χ4n) is 3.30.